The van der Waals surface area contributed by atoms with E-state index in [4.69, 9.17) is 0 Å². The molecule has 0 heterocycles. The average Bonchev–Trinajstić information content (AvgIpc) is 2.25. The van der Waals surface area contributed by atoms with Crippen LogP contribution in [-0.4, -0.2) is 50.8 Å². The van der Waals surface area contributed by atoms with Crippen LogP contribution in [0.3, 0.4) is 0 Å². The Morgan fingerprint density at radius 1 is 1.18 bits per heavy atom. The van der Waals surface area contributed by atoms with Crippen molar-refractivity contribution in [1.82, 2.24) is 10.7 Å². The average molecular weight is 245 g/mol. The van der Waals surface area contributed by atoms with E-state index in [1.807, 2.05) is 14.1 Å². The van der Waals surface area contributed by atoms with E-state index >= 15 is 0 Å². The zero-order chi connectivity index (χ0) is 13.1. The molecule has 0 aromatic heterocycles. The molecule has 5 nitrogen and oxygen atoms in total. The van der Waals surface area contributed by atoms with Crippen LogP contribution in [0.4, 0.5) is 0 Å². The molecule has 0 aliphatic heterocycles. The molecule has 0 saturated heterocycles. The largest absolute Gasteiger partial charge is 0.549 e. The van der Waals surface area contributed by atoms with Crippen LogP contribution in [-0.2, 0) is 4.79 Å². The quantitative estimate of drug-likeness (QED) is 0.292. The maximum Gasteiger partial charge on any atom is 0.0970 e. The lowest BCUT2D eigenvalue weighted by molar-refractivity contribution is -0.933. The highest BCUT2D eigenvalue weighted by molar-refractivity contribution is 5.66. The van der Waals surface area contributed by atoms with Crippen molar-refractivity contribution in [1.29, 1.82) is 0 Å². The number of hydrogen-bond donors (Lipinski definition) is 2. The summed E-state index contributed by atoms with van der Waals surface area (Å²) in [4.78, 5) is 10.3. The number of aliphatic carboxylic acids is 1. The lowest BCUT2D eigenvalue weighted by atomic mass is 10.2. The van der Waals surface area contributed by atoms with Gasteiger partial charge in [0.1, 0.15) is 0 Å². The third kappa shape index (κ3) is 11.6. The Morgan fingerprint density at radius 3 is 2.41 bits per heavy atom. The van der Waals surface area contributed by atoms with Crippen molar-refractivity contribution in [3.63, 3.8) is 0 Å². The van der Waals surface area contributed by atoms with E-state index in [2.05, 4.69) is 17.7 Å². The molecule has 0 aliphatic rings. The van der Waals surface area contributed by atoms with Crippen LogP contribution >= 0.6 is 0 Å². The lowest BCUT2D eigenvalue weighted by Crippen LogP contribution is -2.55. The van der Waals surface area contributed by atoms with Crippen molar-refractivity contribution in [3.8, 4) is 0 Å². The maximum atomic E-state index is 10.3. The molecule has 0 rings (SSSR count). The number of nitrogens with one attached hydrogen (secondary N) is 2. The molecule has 102 valence electrons. The predicted octanol–water partition coefficient (Wildman–Crippen LogP) is -0.513. The molecule has 0 atom stereocenters. The number of rotatable bonds is 11. The van der Waals surface area contributed by atoms with E-state index in [-0.39, 0.29) is 6.54 Å². The molecular weight excluding hydrogens is 218 g/mol. The first-order valence-electron chi connectivity index (χ1n) is 6.46. The molecular formula is C12H27N3O2. The smallest absolute Gasteiger partial charge is 0.0970 e. The molecule has 0 saturated carbocycles. The summed E-state index contributed by atoms with van der Waals surface area (Å²) < 4.78 is 0.505. The molecule has 0 amide bonds. The maximum absolute atomic E-state index is 10.3. The van der Waals surface area contributed by atoms with Gasteiger partial charge in [0.05, 0.1) is 33.2 Å². The van der Waals surface area contributed by atoms with Gasteiger partial charge in [-0.2, -0.15) is 5.43 Å². The van der Waals surface area contributed by atoms with Crippen LogP contribution in [0.25, 0.3) is 0 Å². The number of nitrogens with zero attached hydrogens (tertiary/aromatic N) is 1. The number of carboxylic acids is 1. The summed E-state index contributed by atoms with van der Waals surface area (Å²) in [6.45, 7) is 5.06. The second kappa shape index (κ2) is 9.39. The monoisotopic (exact) mass is 245 g/mol. The minimum absolute atomic E-state index is 0.100. The molecule has 17 heavy (non-hydrogen) atoms. The van der Waals surface area contributed by atoms with Gasteiger partial charge >= 0.3 is 0 Å². The van der Waals surface area contributed by atoms with E-state index in [1.165, 1.54) is 19.3 Å². The Hall–Kier alpha value is -0.650. The van der Waals surface area contributed by atoms with Crippen molar-refractivity contribution in [2.45, 2.75) is 32.6 Å². The Labute approximate surface area is 105 Å². The molecule has 0 aromatic rings. The predicted molar refractivity (Wildman–Crippen MR) is 67.0 cm³/mol. The third-order valence-corrected chi connectivity index (χ3v) is 2.68. The fourth-order valence-corrected chi connectivity index (χ4v) is 1.58. The van der Waals surface area contributed by atoms with Gasteiger partial charge in [0.2, 0.25) is 0 Å². The van der Waals surface area contributed by atoms with Crippen molar-refractivity contribution >= 4 is 5.97 Å². The molecule has 0 aliphatic carbocycles. The second-order valence-corrected chi connectivity index (χ2v) is 4.93. The summed E-state index contributed by atoms with van der Waals surface area (Å²) in [5, 5.41) is 13.7. The van der Waals surface area contributed by atoms with Crippen molar-refractivity contribution in [2.24, 2.45) is 0 Å². The van der Waals surface area contributed by atoms with Crippen LogP contribution in [0.1, 0.15) is 32.6 Å². The Kier molecular flexibility index (Phi) is 9.03. The topological polar surface area (TPSA) is 64.2 Å². The number of carbonyl (C=O) groups is 1. The van der Waals surface area contributed by atoms with Gasteiger partial charge in [0, 0.05) is 13.0 Å². The highest BCUT2D eigenvalue weighted by atomic mass is 16.4. The van der Waals surface area contributed by atoms with Gasteiger partial charge in [-0.1, -0.05) is 19.8 Å². The summed E-state index contributed by atoms with van der Waals surface area (Å²) >= 11 is 0. The highest BCUT2D eigenvalue weighted by Gasteiger charge is 2.13. The summed E-state index contributed by atoms with van der Waals surface area (Å²) in [5.74, 6) is -1.06. The summed E-state index contributed by atoms with van der Waals surface area (Å²) in [7, 11) is 3.92. The van der Waals surface area contributed by atoms with Gasteiger partial charge in [-0.05, 0) is 13.0 Å². The summed E-state index contributed by atoms with van der Waals surface area (Å²) in [6.07, 6.45) is 4.79. The molecule has 0 bridgehead atoms. The minimum Gasteiger partial charge on any atom is -0.549 e. The van der Waals surface area contributed by atoms with Gasteiger partial charge in [-0.25, -0.2) is 0 Å². The molecule has 0 radical (unpaired) electrons. The van der Waals surface area contributed by atoms with E-state index in [0.717, 1.165) is 26.1 Å². The number of carbonyl (C=O) groups excluding carboxylic acids is 1. The number of hydrogen-bond acceptors (Lipinski definition) is 4. The third-order valence-electron chi connectivity index (χ3n) is 2.68. The molecule has 0 unspecified atom stereocenters. The zero-order valence-electron chi connectivity index (χ0n) is 11.4. The standard InChI is InChI=1S/C12H27N3O2/c1-4-5-6-8-13-9-7-10-15(2,3)14-11-12(16)17/h13-14H,4-11H2,1-3H3. The van der Waals surface area contributed by atoms with Crippen LogP contribution < -0.4 is 15.8 Å². The normalized spacial score (nSPS) is 11.7. The van der Waals surface area contributed by atoms with Crippen LogP contribution in [0.15, 0.2) is 0 Å². The van der Waals surface area contributed by atoms with E-state index in [9.17, 15) is 9.90 Å². The molecule has 2 N–H and O–H groups in total. The van der Waals surface area contributed by atoms with Gasteiger partial charge < -0.3 is 15.2 Å². The molecule has 0 spiro atoms. The molecule has 0 fully saturated rings. The first-order valence-corrected chi connectivity index (χ1v) is 6.46. The van der Waals surface area contributed by atoms with Crippen LogP contribution in [0.5, 0.6) is 0 Å². The van der Waals surface area contributed by atoms with Crippen molar-refractivity contribution < 1.29 is 14.5 Å². The van der Waals surface area contributed by atoms with E-state index in [1.54, 1.807) is 0 Å². The van der Waals surface area contributed by atoms with Crippen LogP contribution in [0, 0.1) is 0 Å². The summed E-state index contributed by atoms with van der Waals surface area (Å²) in [5.41, 5.74) is 2.92. The first kappa shape index (κ1) is 16.4. The Bertz CT molecular complexity index is 208. The lowest BCUT2D eigenvalue weighted by Gasteiger charge is -2.29. The first-order chi connectivity index (χ1) is 7.98. The van der Waals surface area contributed by atoms with E-state index < -0.39 is 5.97 Å². The number of carboxylic acid groups (broad SMARTS) is 1. The van der Waals surface area contributed by atoms with Gasteiger partial charge in [0.25, 0.3) is 0 Å². The Balaban J connectivity index is 3.42. The number of quaternary nitrogens is 1. The van der Waals surface area contributed by atoms with Gasteiger partial charge in [0.15, 0.2) is 0 Å². The Morgan fingerprint density at radius 2 is 1.82 bits per heavy atom. The minimum atomic E-state index is -1.06. The fourth-order valence-electron chi connectivity index (χ4n) is 1.58. The van der Waals surface area contributed by atoms with Crippen molar-refractivity contribution in [2.75, 3.05) is 40.3 Å². The van der Waals surface area contributed by atoms with Crippen LogP contribution in [0.2, 0.25) is 0 Å². The SMILES string of the molecule is CCCCCNCCC[N+](C)(C)NCC(=O)[O-]. The number of unbranched alkanes of at least 4 members (excludes halogenated alkanes) is 2. The van der Waals surface area contributed by atoms with Gasteiger partial charge in [-0.3, -0.25) is 4.59 Å². The zero-order valence-corrected chi connectivity index (χ0v) is 11.4. The van der Waals surface area contributed by atoms with Gasteiger partial charge in [-0.15, -0.1) is 0 Å². The molecule has 0 aromatic carbocycles. The summed E-state index contributed by atoms with van der Waals surface area (Å²) in [6, 6.07) is 0. The molecule has 5 heteroatoms. The highest BCUT2D eigenvalue weighted by Crippen LogP contribution is 1.94. The van der Waals surface area contributed by atoms with Crippen molar-refractivity contribution in [3.05, 3.63) is 0 Å². The van der Waals surface area contributed by atoms with E-state index in [0.29, 0.717) is 4.59 Å². The fraction of sp³-hybridized carbons (Fsp3) is 0.917. The second-order valence-electron chi connectivity index (χ2n) is 4.93.